The van der Waals surface area contributed by atoms with Gasteiger partial charge in [-0.1, -0.05) is 44.5 Å². The van der Waals surface area contributed by atoms with Crippen molar-refractivity contribution in [3.63, 3.8) is 0 Å². The molecule has 1 N–H and O–H groups in total. The van der Waals surface area contributed by atoms with Gasteiger partial charge in [-0.3, -0.25) is 4.90 Å². The van der Waals surface area contributed by atoms with E-state index in [1.54, 1.807) is 0 Å². The highest BCUT2D eigenvalue weighted by Gasteiger charge is 2.11. The molecule has 0 aliphatic rings. The third-order valence-electron chi connectivity index (χ3n) is 3.80. The first-order valence-corrected chi connectivity index (χ1v) is 7.67. The van der Waals surface area contributed by atoms with Crippen LogP contribution in [0.4, 0.5) is 0 Å². The van der Waals surface area contributed by atoms with Gasteiger partial charge in [-0.25, -0.2) is 0 Å². The van der Waals surface area contributed by atoms with Crippen molar-refractivity contribution in [1.29, 1.82) is 0 Å². The Balaban J connectivity index is 2.61. The normalized spacial score (nSPS) is 12.9. The fourth-order valence-electron chi connectivity index (χ4n) is 2.28. The fraction of sp³-hybridized carbons (Fsp3) is 0.647. The van der Waals surface area contributed by atoms with Crippen molar-refractivity contribution >= 4 is 0 Å². The molecule has 0 heterocycles. The maximum absolute atomic E-state index is 3.19. The van der Waals surface area contributed by atoms with Gasteiger partial charge in [-0.05, 0) is 44.5 Å². The summed E-state index contributed by atoms with van der Waals surface area (Å²) in [6.45, 7) is 10.1. The summed E-state index contributed by atoms with van der Waals surface area (Å²) in [7, 11) is 1.99. The molecule has 0 radical (unpaired) electrons. The van der Waals surface area contributed by atoms with Crippen LogP contribution in [-0.2, 0) is 13.1 Å². The summed E-state index contributed by atoms with van der Waals surface area (Å²) in [5.74, 6) is 0. The zero-order valence-electron chi connectivity index (χ0n) is 13.1. The minimum Gasteiger partial charge on any atom is -0.316 e. The Labute approximate surface area is 119 Å². The van der Waals surface area contributed by atoms with Gasteiger partial charge < -0.3 is 5.32 Å². The highest BCUT2D eigenvalue weighted by Crippen LogP contribution is 2.13. The summed E-state index contributed by atoms with van der Waals surface area (Å²) in [5.41, 5.74) is 2.78. The number of unbranched alkanes of at least 4 members (excludes halogenated alkanes) is 1. The van der Waals surface area contributed by atoms with Gasteiger partial charge in [0.15, 0.2) is 0 Å². The van der Waals surface area contributed by atoms with Crippen LogP contribution in [0.15, 0.2) is 24.3 Å². The topological polar surface area (TPSA) is 15.3 Å². The molecule has 0 aliphatic carbocycles. The number of benzene rings is 1. The second kappa shape index (κ2) is 9.11. The molecule has 0 aromatic heterocycles. The van der Waals surface area contributed by atoms with Crippen LogP contribution in [0.25, 0.3) is 0 Å². The van der Waals surface area contributed by atoms with E-state index < -0.39 is 0 Å². The summed E-state index contributed by atoms with van der Waals surface area (Å²) in [6, 6.07) is 9.69. The molecule has 1 aromatic carbocycles. The predicted octanol–water partition coefficient (Wildman–Crippen LogP) is 3.81. The van der Waals surface area contributed by atoms with Crippen LogP contribution < -0.4 is 5.32 Å². The lowest BCUT2D eigenvalue weighted by Crippen LogP contribution is -2.33. The minimum atomic E-state index is 0.670. The molecule has 19 heavy (non-hydrogen) atoms. The largest absolute Gasteiger partial charge is 0.316 e. The van der Waals surface area contributed by atoms with Crippen LogP contribution in [0, 0.1) is 0 Å². The zero-order valence-corrected chi connectivity index (χ0v) is 13.1. The van der Waals surface area contributed by atoms with Crippen LogP contribution in [0.5, 0.6) is 0 Å². The second-order valence-corrected chi connectivity index (χ2v) is 5.43. The lowest BCUT2D eigenvalue weighted by molar-refractivity contribution is 0.192. The lowest BCUT2D eigenvalue weighted by atomic mass is 10.1. The van der Waals surface area contributed by atoms with Crippen LogP contribution in [0.1, 0.15) is 51.2 Å². The fourth-order valence-corrected chi connectivity index (χ4v) is 2.28. The van der Waals surface area contributed by atoms with Crippen LogP contribution in [0.3, 0.4) is 0 Å². The Morgan fingerprint density at radius 1 is 1.11 bits per heavy atom. The Morgan fingerprint density at radius 3 is 2.26 bits per heavy atom. The molecule has 0 spiro atoms. The highest BCUT2D eigenvalue weighted by molar-refractivity contribution is 5.22. The molecule has 0 bridgehead atoms. The van der Waals surface area contributed by atoms with E-state index in [1.807, 2.05) is 7.05 Å². The van der Waals surface area contributed by atoms with Crippen molar-refractivity contribution in [2.75, 3.05) is 13.6 Å². The Morgan fingerprint density at radius 2 is 1.74 bits per heavy atom. The van der Waals surface area contributed by atoms with Gasteiger partial charge in [0.2, 0.25) is 0 Å². The number of nitrogens with zero attached hydrogens (tertiary/aromatic N) is 1. The third-order valence-corrected chi connectivity index (χ3v) is 3.80. The summed E-state index contributed by atoms with van der Waals surface area (Å²) < 4.78 is 0. The van der Waals surface area contributed by atoms with Crippen molar-refractivity contribution in [1.82, 2.24) is 10.2 Å². The van der Waals surface area contributed by atoms with Gasteiger partial charge in [0.25, 0.3) is 0 Å². The highest BCUT2D eigenvalue weighted by atomic mass is 15.1. The number of hydrogen-bond donors (Lipinski definition) is 1. The molecule has 1 atom stereocenters. The maximum Gasteiger partial charge on any atom is 0.0236 e. The zero-order chi connectivity index (χ0) is 14.1. The van der Waals surface area contributed by atoms with E-state index in [0.29, 0.717) is 6.04 Å². The molecule has 0 amide bonds. The molecule has 0 aliphatic heterocycles. The molecular formula is C17H30N2. The molecule has 2 nitrogen and oxygen atoms in total. The van der Waals surface area contributed by atoms with Crippen molar-refractivity contribution in [3.8, 4) is 0 Å². The van der Waals surface area contributed by atoms with Crippen molar-refractivity contribution in [3.05, 3.63) is 35.4 Å². The van der Waals surface area contributed by atoms with Gasteiger partial charge >= 0.3 is 0 Å². The average Bonchev–Trinajstić information content (AvgIpc) is 2.44. The second-order valence-electron chi connectivity index (χ2n) is 5.43. The predicted molar refractivity (Wildman–Crippen MR) is 84.3 cm³/mol. The third kappa shape index (κ3) is 5.75. The van der Waals surface area contributed by atoms with Gasteiger partial charge in [0, 0.05) is 19.1 Å². The van der Waals surface area contributed by atoms with Crippen molar-refractivity contribution in [2.24, 2.45) is 0 Å². The van der Waals surface area contributed by atoms with Gasteiger partial charge in [-0.15, -0.1) is 0 Å². The first-order chi connectivity index (χ1) is 9.21. The summed E-state index contributed by atoms with van der Waals surface area (Å²) in [5, 5.41) is 3.19. The standard InChI is InChI=1S/C17H30N2/c1-5-7-12-19(15(3)6-2)14-17-10-8-16(9-11-17)13-18-4/h8-11,15,18H,5-7,12-14H2,1-4H3. The van der Waals surface area contributed by atoms with Crippen molar-refractivity contribution < 1.29 is 0 Å². The van der Waals surface area contributed by atoms with Crippen LogP contribution >= 0.6 is 0 Å². The molecule has 0 fully saturated rings. The quantitative estimate of drug-likeness (QED) is 0.728. The Hall–Kier alpha value is -0.860. The SMILES string of the molecule is CCCCN(Cc1ccc(CNC)cc1)C(C)CC. The first-order valence-electron chi connectivity index (χ1n) is 7.67. The molecular weight excluding hydrogens is 232 g/mol. The van der Waals surface area contributed by atoms with Crippen LogP contribution in [0.2, 0.25) is 0 Å². The van der Waals surface area contributed by atoms with E-state index in [0.717, 1.165) is 13.1 Å². The first kappa shape index (κ1) is 16.2. The molecule has 108 valence electrons. The molecule has 0 saturated heterocycles. The van der Waals surface area contributed by atoms with Gasteiger partial charge in [0.1, 0.15) is 0 Å². The monoisotopic (exact) mass is 262 g/mol. The van der Waals surface area contributed by atoms with Gasteiger partial charge in [-0.2, -0.15) is 0 Å². The minimum absolute atomic E-state index is 0.670. The van der Waals surface area contributed by atoms with E-state index in [-0.39, 0.29) is 0 Å². The number of hydrogen-bond acceptors (Lipinski definition) is 2. The Bertz CT molecular complexity index is 332. The van der Waals surface area contributed by atoms with E-state index in [1.165, 1.54) is 36.9 Å². The summed E-state index contributed by atoms with van der Waals surface area (Å²) >= 11 is 0. The van der Waals surface area contributed by atoms with E-state index in [2.05, 4.69) is 55.3 Å². The van der Waals surface area contributed by atoms with E-state index in [9.17, 15) is 0 Å². The summed E-state index contributed by atoms with van der Waals surface area (Å²) in [4.78, 5) is 2.61. The number of nitrogens with one attached hydrogen (secondary N) is 1. The summed E-state index contributed by atoms with van der Waals surface area (Å²) in [6.07, 6.45) is 3.79. The lowest BCUT2D eigenvalue weighted by Gasteiger charge is -2.28. The molecule has 0 saturated carbocycles. The molecule has 1 aromatic rings. The molecule has 1 unspecified atom stereocenters. The number of rotatable bonds is 9. The van der Waals surface area contributed by atoms with Gasteiger partial charge in [0.05, 0.1) is 0 Å². The van der Waals surface area contributed by atoms with Crippen LogP contribution in [-0.4, -0.2) is 24.5 Å². The smallest absolute Gasteiger partial charge is 0.0236 e. The van der Waals surface area contributed by atoms with E-state index >= 15 is 0 Å². The molecule has 2 heteroatoms. The average molecular weight is 262 g/mol. The van der Waals surface area contributed by atoms with Crippen molar-refractivity contribution in [2.45, 2.75) is 59.2 Å². The Kier molecular flexibility index (Phi) is 7.76. The van der Waals surface area contributed by atoms with E-state index in [4.69, 9.17) is 0 Å². The molecule has 1 rings (SSSR count). The maximum atomic E-state index is 3.19.